The number of benzene rings is 2. The second-order valence-corrected chi connectivity index (χ2v) is 6.89. The number of fused-ring (bicyclic) bond motifs is 1. The Morgan fingerprint density at radius 3 is 2.67 bits per heavy atom. The largest absolute Gasteiger partial charge is 0.387 e. The van der Waals surface area contributed by atoms with Gasteiger partial charge in [0.05, 0.1) is 11.6 Å². The van der Waals surface area contributed by atoms with Gasteiger partial charge in [-0.05, 0) is 48.2 Å². The molecule has 5 nitrogen and oxygen atoms in total. The predicted octanol–water partition coefficient (Wildman–Crippen LogP) is 3.54. The maximum absolute atomic E-state index is 10.5. The van der Waals surface area contributed by atoms with E-state index in [0.29, 0.717) is 6.42 Å². The van der Waals surface area contributed by atoms with Gasteiger partial charge in [0.15, 0.2) is 0 Å². The highest BCUT2D eigenvalue weighted by atomic mass is 16.3. The van der Waals surface area contributed by atoms with Gasteiger partial charge in [-0.25, -0.2) is 0 Å². The Hall–Kier alpha value is -3.02. The number of aryl methyl sites for hydroxylation is 1. The lowest BCUT2D eigenvalue weighted by molar-refractivity contribution is 0.146. The summed E-state index contributed by atoms with van der Waals surface area (Å²) in [6.45, 7) is 2.01. The first kappa shape index (κ1) is 17.4. The van der Waals surface area contributed by atoms with Gasteiger partial charge < -0.3 is 10.8 Å². The predicted molar refractivity (Wildman–Crippen MR) is 107 cm³/mol. The topological polar surface area (TPSA) is 87.8 Å². The van der Waals surface area contributed by atoms with Crippen molar-refractivity contribution in [2.24, 2.45) is 5.73 Å². The number of hydrogen-bond donors (Lipinski definition) is 3. The van der Waals surface area contributed by atoms with Crippen molar-refractivity contribution < 1.29 is 5.11 Å². The van der Waals surface area contributed by atoms with E-state index in [2.05, 4.69) is 27.3 Å². The van der Waals surface area contributed by atoms with Gasteiger partial charge in [0.25, 0.3) is 0 Å². The number of H-pyrrole nitrogens is 1. The molecule has 2 heterocycles. The van der Waals surface area contributed by atoms with Crippen LogP contribution in [0.5, 0.6) is 0 Å². The lowest BCUT2D eigenvalue weighted by atomic mass is 9.96. The van der Waals surface area contributed by atoms with Crippen LogP contribution in [0.25, 0.3) is 22.0 Å². The van der Waals surface area contributed by atoms with Crippen molar-refractivity contribution in [2.75, 3.05) is 0 Å². The molecule has 0 aliphatic rings. The van der Waals surface area contributed by atoms with E-state index in [1.807, 2.05) is 61.8 Å². The van der Waals surface area contributed by atoms with Crippen LogP contribution in [0.3, 0.4) is 0 Å². The minimum atomic E-state index is -0.709. The number of aromatic amines is 1. The molecule has 0 aliphatic heterocycles. The van der Waals surface area contributed by atoms with E-state index >= 15 is 0 Å². The molecule has 0 amide bonds. The molecule has 2 aromatic carbocycles. The van der Waals surface area contributed by atoms with Gasteiger partial charge in [0, 0.05) is 35.1 Å². The molecule has 2 atom stereocenters. The second-order valence-electron chi connectivity index (χ2n) is 6.89. The number of rotatable bonds is 5. The minimum Gasteiger partial charge on any atom is -0.387 e. The zero-order chi connectivity index (χ0) is 18.8. The maximum atomic E-state index is 10.5. The van der Waals surface area contributed by atoms with Crippen molar-refractivity contribution in [2.45, 2.75) is 25.5 Å². The molecular formula is C22H22N4O. The highest BCUT2D eigenvalue weighted by Crippen LogP contribution is 2.26. The molecule has 0 bridgehead atoms. The van der Waals surface area contributed by atoms with Crippen molar-refractivity contribution in [3.8, 4) is 11.1 Å². The van der Waals surface area contributed by atoms with Gasteiger partial charge in [0.1, 0.15) is 0 Å². The van der Waals surface area contributed by atoms with E-state index in [1.54, 1.807) is 0 Å². The molecule has 0 radical (unpaired) electrons. The third-order valence-corrected chi connectivity index (χ3v) is 4.89. The number of hydrogen-bond acceptors (Lipinski definition) is 4. The van der Waals surface area contributed by atoms with Gasteiger partial charge >= 0.3 is 0 Å². The first-order valence-corrected chi connectivity index (χ1v) is 8.99. The zero-order valence-corrected chi connectivity index (χ0v) is 15.1. The van der Waals surface area contributed by atoms with E-state index in [-0.39, 0.29) is 0 Å². The maximum Gasteiger partial charge on any atom is 0.0944 e. The number of pyridine rings is 1. The molecule has 0 saturated heterocycles. The average Bonchev–Trinajstić information content (AvgIpc) is 3.08. The fraction of sp³-hybridized carbons (Fsp3) is 0.182. The third-order valence-electron chi connectivity index (χ3n) is 4.89. The third kappa shape index (κ3) is 3.60. The molecule has 4 N–H and O–H groups in total. The summed E-state index contributed by atoms with van der Waals surface area (Å²) in [6.07, 6.45) is 3.49. The van der Waals surface area contributed by atoms with Crippen LogP contribution in [0.15, 0.2) is 67.0 Å². The lowest BCUT2D eigenvalue weighted by Gasteiger charge is -2.19. The number of nitrogens with one attached hydrogen (secondary N) is 1. The van der Waals surface area contributed by atoms with Gasteiger partial charge in [-0.1, -0.05) is 36.4 Å². The summed E-state index contributed by atoms with van der Waals surface area (Å²) >= 11 is 0. The Morgan fingerprint density at radius 1 is 1.04 bits per heavy atom. The van der Waals surface area contributed by atoms with Crippen LogP contribution in [0.1, 0.15) is 22.9 Å². The number of nitrogens with two attached hydrogens (primary N) is 1. The fourth-order valence-electron chi connectivity index (χ4n) is 3.36. The van der Waals surface area contributed by atoms with Crippen LogP contribution in [-0.4, -0.2) is 26.3 Å². The number of aliphatic hydroxyl groups excluding tert-OH is 1. The minimum absolute atomic E-state index is 0.400. The van der Waals surface area contributed by atoms with Crippen molar-refractivity contribution >= 4 is 10.9 Å². The summed E-state index contributed by atoms with van der Waals surface area (Å²) in [4.78, 5) is 4.38. The van der Waals surface area contributed by atoms with Crippen molar-refractivity contribution in [1.82, 2.24) is 15.2 Å². The first-order valence-electron chi connectivity index (χ1n) is 8.99. The molecule has 4 rings (SSSR count). The monoisotopic (exact) mass is 358 g/mol. The van der Waals surface area contributed by atoms with Crippen LogP contribution in [-0.2, 0) is 6.42 Å². The Labute approximate surface area is 157 Å². The molecule has 0 aliphatic carbocycles. The SMILES string of the molecule is Cc1[nH]nc2ccc(-c3cncc(C[C@H](N)C(O)c4ccccc4)c3)cc12. The van der Waals surface area contributed by atoms with E-state index in [1.165, 1.54) is 0 Å². The summed E-state index contributed by atoms with van der Waals surface area (Å²) < 4.78 is 0. The van der Waals surface area contributed by atoms with E-state index in [0.717, 1.165) is 38.9 Å². The molecule has 1 unspecified atom stereocenters. The molecular weight excluding hydrogens is 336 g/mol. The molecule has 136 valence electrons. The van der Waals surface area contributed by atoms with Gasteiger partial charge in [-0.15, -0.1) is 0 Å². The highest BCUT2D eigenvalue weighted by molar-refractivity contribution is 5.86. The van der Waals surface area contributed by atoms with E-state index in [9.17, 15) is 5.11 Å². The molecule has 5 heteroatoms. The van der Waals surface area contributed by atoms with Gasteiger partial charge in [0.2, 0.25) is 0 Å². The second kappa shape index (κ2) is 7.31. The van der Waals surface area contributed by atoms with Crippen LogP contribution >= 0.6 is 0 Å². The summed E-state index contributed by atoms with van der Waals surface area (Å²) in [6, 6.07) is 17.4. The molecule has 0 saturated carbocycles. The number of nitrogens with zero attached hydrogens (tertiary/aromatic N) is 2. The molecule has 27 heavy (non-hydrogen) atoms. The van der Waals surface area contributed by atoms with Crippen LogP contribution in [0, 0.1) is 6.92 Å². The quantitative estimate of drug-likeness (QED) is 0.509. The smallest absolute Gasteiger partial charge is 0.0944 e. The summed E-state index contributed by atoms with van der Waals surface area (Å²) in [5.41, 5.74) is 12.2. The Kier molecular flexibility index (Phi) is 4.71. The van der Waals surface area contributed by atoms with Crippen LogP contribution < -0.4 is 5.73 Å². The molecule has 4 aromatic rings. The van der Waals surface area contributed by atoms with Gasteiger partial charge in [-0.2, -0.15) is 5.10 Å². The van der Waals surface area contributed by atoms with Crippen molar-refractivity contribution in [1.29, 1.82) is 0 Å². The van der Waals surface area contributed by atoms with Crippen molar-refractivity contribution in [3.05, 3.63) is 83.8 Å². The number of aliphatic hydroxyl groups is 1. The van der Waals surface area contributed by atoms with Crippen LogP contribution in [0.4, 0.5) is 0 Å². The molecule has 0 spiro atoms. The van der Waals surface area contributed by atoms with E-state index in [4.69, 9.17) is 5.73 Å². The summed E-state index contributed by atoms with van der Waals surface area (Å²) in [5, 5.41) is 18.9. The zero-order valence-electron chi connectivity index (χ0n) is 15.1. The summed E-state index contributed by atoms with van der Waals surface area (Å²) in [5.74, 6) is 0. The Bertz CT molecular complexity index is 1060. The summed E-state index contributed by atoms with van der Waals surface area (Å²) in [7, 11) is 0. The standard InChI is InChI=1S/C22H22N4O/c1-14-19-11-17(7-8-21(19)26-25-14)18-9-15(12-24-13-18)10-20(23)22(27)16-5-3-2-4-6-16/h2-9,11-13,20,22,27H,10,23H2,1H3,(H,25,26)/t20-,22?/m0/s1. The number of aromatic nitrogens is 3. The highest BCUT2D eigenvalue weighted by Gasteiger charge is 2.17. The lowest BCUT2D eigenvalue weighted by Crippen LogP contribution is -2.30. The molecule has 2 aromatic heterocycles. The Morgan fingerprint density at radius 2 is 1.85 bits per heavy atom. The Balaban J connectivity index is 1.57. The van der Waals surface area contributed by atoms with Gasteiger partial charge in [-0.3, -0.25) is 10.1 Å². The average molecular weight is 358 g/mol. The fourth-order valence-corrected chi connectivity index (χ4v) is 3.36. The van der Waals surface area contributed by atoms with Crippen molar-refractivity contribution in [3.63, 3.8) is 0 Å². The normalized spacial score (nSPS) is 13.6. The van der Waals surface area contributed by atoms with E-state index < -0.39 is 12.1 Å². The molecule has 0 fully saturated rings. The first-order chi connectivity index (χ1) is 13.1. The van der Waals surface area contributed by atoms with Crippen LogP contribution in [0.2, 0.25) is 0 Å².